The van der Waals surface area contributed by atoms with E-state index in [1.165, 1.54) is 6.07 Å². The van der Waals surface area contributed by atoms with Gasteiger partial charge in [-0.15, -0.1) is 0 Å². The van der Waals surface area contributed by atoms with Gasteiger partial charge in [0.1, 0.15) is 17.4 Å². The molecule has 1 aromatic carbocycles. The smallest absolute Gasteiger partial charge is 0.131 e. The molecule has 0 amide bonds. The van der Waals surface area contributed by atoms with Crippen LogP contribution in [0.4, 0.5) is 8.78 Å². The summed E-state index contributed by atoms with van der Waals surface area (Å²) in [6, 6.07) is 6.76. The van der Waals surface area contributed by atoms with E-state index in [4.69, 9.17) is 9.15 Å². The summed E-state index contributed by atoms with van der Waals surface area (Å²) in [6.45, 7) is 1.68. The normalized spacial score (nSPS) is 12.8. The van der Waals surface area contributed by atoms with Crippen molar-refractivity contribution in [2.24, 2.45) is 0 Å². The van der Waals surface area contributed by atoms with E-state index in [0.29, 0.717) is 19.7 Å². The van der Waals surface area contributed by atoms with E-state index in [2.05, 4.69) is 0 Å². The van der Waals surface area contributed by atoms with Crippen molar-refractivity contribution in [3.8, 4) is 0 Å². The van der Waals surface area contributed by atoms with Crippen LogP contribution < -0.4 is 0 Å². The Morgan fingerprint density at radius 1 is 1.32 bits per heavy atom. The Morgan fingerprint density at radius 2 is 2.14 bits per heavy atom. The molecule has 0 fully saturated rings. The van der Waals surface area contributed by atoms with Crippen LogP contribution in [0, 0.1) is 11.6 Å². The van der Waals surface area contributed by atoms with Gasteiger partial charge >= 0.3 is 0 Å². The Morgan fingerprint density at radius 3 is 2.77 bits per heavy atom. The van der Waals surface area contributed by atoms with Crippen molar-refractivity contribution in [1.82, 2.24) is 4.90 Å². The third kappa shape index (κ3) is 4.62. The van der Waals surface area contributed by atoms with Crippen molar-refractivity contribution in [3.63, 3.8) is 0 Å². The zero-order valence-corrected chi connectivity index (χ0v) is 12.3. The molecule has 0 radical (unpaired) electrons. The van der Waals surface area contributed by atoms with Gasteiger partial charge in [-0.25, -0.2) is 8.78 Å². The molecule has 1 unspecified atom stereocenters. The molecular formula is C16H19F2NO3. The van der Waals surface area contributed by atoms with Gasteiger partial charge in [0.05, 0.1) is 25.5 Å². The Labute approximate surface area is 127 Å². The summed E-state index contributed by atoms with van der Waals surface area (Å²) < 4.78 is 37.0. The molecule has 1 aromatic heterocycles. The maximum atomic E-state index is 13.7. The van der Waals surface area contributed by atoms with Crippen molar-refractivity contribution < 1.29 is 23.0 Å². The van der Waals surface area contributed by atoms with E-state index in [1.54, 1.807) is 19.4 Å². The summed E-state index contributed by atoms with van der Waals surface area (Å²) in [4.78, 5) is 1.88. The predicted molar refractivity (Wildman–Crippen MR) is 77.2 cm³/mol. The third-order valence-corrected chi connectivity index (χ3v) is 3.32. The van der Waals surface area contributed by atoms with Gasteiger partial charge in [-0.1, -0.05) is 6.07 Å². The average Bonchev–Trinajstić information content (AvgIpc) is 2.97. The van der Waals surface area contributed by atoms with Crippen molar-refractivity contribution in [2.45, 2.75) is 12.6 Å². The van der Waals surface area contributed by atoms with Gasteiger partial charge in [-0.3, -0.25) is 4.90 Å². The molecule has 2 rings (SSSR count). The highest BCUT2D eigenvalue weighted by Gasteiger charge is 2.18. The number of nitrogens with zero attached hydrogens (tertiary/aromatic N) is 1. The predicted octanol–water partition coefficient (Wildman–Crippen LogP) is 2.74. The largest absolute Gasteiger partial charge is 0.468 e. The monoisotopic (exact) mass is 311 g/mol. The van der Waals surface area contributed by atoms with Gasteiger partial charge in [0.2, 0.25) is 0 Å². The van der Waals surface area contributed by atoms with E-state index in [0.717, 1.165) is 17.9 Å². The summed E-state index contributed by atoms with van der Waals surface area (Å²) in [7, 11) is 1.58. The zero-order chi connectivity index (χ0) is 15.9. The lowest BCUT2D eigenvalue weighted by atomic mass is 10.1. The number of aliphatic hydroxyl groups excluding tert-OH is 1. The fraction of sp³-hybridized carbons (Fsp3) is 0.375. The van der Waals surface area contributed by atoms with Crippen LogP contribution in [0.25, 0.3) is 0 Å². The van der Waals surface area contributed by atoms with Crippen LogP contribution in [-0.2, 0) is 11.3 Å². The van der Waals surface area contributed by atoms with Crippen LogP contribution in [0.5, 0.6) is 0 Å². The lowest BCUT2D eigenvalue weighted by Gasteiger charge is -2.24. The topological polar surface area (TPSA) is 45.8 Å². The molecule has 0 aliphatic carbocycles. The number of ether oxygens (including phenoxy) is 1. The fourth-order valence-electron chi connectivity index (χ4n) is 2.19. The van der Waals surface area contributed by atoms with Gasteiger partial charge in [0.15, 0.2) is 0 Å². The number of halogens is 2. The molecule has 2 aromatic rings. The number of hydrogen-bond donors (Lipinski definition) is 1. The Kier molecular flexibility index (Phi) is 6.06. The quantitative estimate of drug-likeness (QED) is 0.814. The first-order valence-corrected chi connectivity index (χ1v) is 6.97. The van der Waals surface area contributed by atoms with Gasteiger partial charge < -0.3 is 14.3 Å². The summed E-state index contributed by atoms with van der Waals surface area (Å²) in [5.41, 5.74) is 0.0725. The molecule has 120 valence electrons. The number of benzene rings is 1. The van der Waals surface area contributed by atoms with Crippen LogP contribution in [0.3, 0.4) is 0 Å². The molecule has 0 aliphatic rings. The molecule has 0 spiro atoms. The summed E-state index contributed by atoms with van der Waals surface area (Å²) in [5, 5.41) is 10.2. The molecule has 0 aliphatic heterocycles. The molecule has 6 heteroatoms. The van der Waals surface area contributed by atoms with Crippen molar-refractivity contribution >= 4 is 0 Å². The zero-order valence-electron chi connectivity index (χ0n) is 12.3. The molecule has 1 N–H and O–H groups in total. The lowest BCUT2D eigenvalue weighted by Crippen LogP contribution is -2.31. The SMILES string of the molecule is COCCN(Cc1ccco1)CC(O)c1ccc(F)cc1F. The van der Waals surface area contributed by atoms with Gasteiger partial charge in [0.25, 0.3) is 0 Å². The molecule has 22 heavy (non-hydrogen) atoms. The molecule has 0 bridgehead atoms. The third-order valence-electron chi connectivity index (χ3n) is 3.32. The van der Waals surface area contributed by atoms with Crippen LogP contribution in [0.1, 0.15) is 17.4 Å². The van der Waals surface area contributed by atoms with Crippen LogP contribution in [0.2, 0.25) is 0 Å². The fourth-order valence-corrected chi connectivity index (χ4v) is 2.19. The average molecular weight is 311 g/mol. The highest BCUT2D eigenvalue weighted by atomic mass is 19.1. The highest BCUT2D eigenvalue weighted by molar-refractivity contribution is 5.21. The first-order chi connectivity index (χ1) is 10.6. The standard InChI is InChI=1S/C16H19F2NO3/c1-21-8-6-19(10-13-3-2-7-22-13)11-16(20)14-5-4-12(17)9-15(14)18/h2-5,7,9,16,20H,6,8,10-11H2,1H3. The number of rotatable bonds is 8. The number of furan rings is 1. The molecule has 4 nitrogen and oxygen atoms in total. The van der Waals surface area contributed by atoms with Gasteiger partial charge in [-0.2, -0.15) is 0 Å². The van der Waals surface area contributed by atoms with Gasteiger partial charge in [-0.05, 0) is 18.2 Å². The highest BCUT2D eigenvalue weighted by Crippen LogP contribution is 2.20. The minimum absolute atomic E-state index is 0.0725. The first kappa shape index (κ1) is 16.6. The Hall–Kier alpha value is -1.76. The molecule has 1 atom stereocenters. The Balaban J connectivity index is 2.04. The Bertz CT molecular complexity index is 575. The van der Waals surface area contributed by atoms with Crippen molar-refractivity contribution in [3.05, 3.63) is 59.6 Å². The summed E-state index contributed by atoms with van der Waals surface area (Å²) >= 11 is 0. The van der Waals surface area contributed by atoms with Crippen LogP contribution >= 0.6 is 0 Å². The molecule has 0 saturated heterocycles. The van der Waals surface area contributed by atoms with E-state index in [1.807, 2.05) is 11.0 Å². The van der Waals surface area contributed by atoms with Crippen molar-refractivity contribution in [2.75, 3.05) is 26.8 Å². The summed E-state index contributed by atoms with van der Waals surface area (Å²) in [5.74, 6) is -0.680. The first-order valence-electron chi connectivity index (χ1n) is 6.97. The second kappa shape index (κ2) is 8.03. The number of hydrogen-bond acceptors (Lipinski definition) is 4. The number of methoxy groups -OCH3 is 1. The molecular weight excluding hydrogens is 292 g/mol. The van der Waals surface area contributed by atoms with Crippen LogP contribution in [0.15, 0.2) is 41.0 Å². The second-order valence-corrected chi connectivity index (χ2v) is 4.99. The molecule has 0 saturated carbocycles. The van der Waals surface area contributed by atoms with Crippen molar-refractivity contribution in [1.29, 1.82) is 0 Å². The van der Waals surface area contributed by atoms with E-state index in [9.17, 15) is 13.9 Å². The van der Waals surface area contributed by atoms with E-state index >= 15 is 0 Å². The maximum absolute atomic E-state index is 13.7. The number of aliphatic hydroxyl groups is 1. The van der Waals surface area contributed by atoms with Crippen LogP contribution in [-0.4, -0.2) is 36.8 Å². The minimum Gasteiger partial charge on any atom is -0.468 e. The summed E-state index contributed by atoms with van der Waals surface area (Å²) in [6.07, 6.45) is 0.507. The van der Waals surface area contributed by atoms with E-state index in [-0.39, 0.29) is 12.1 Å². The minimum atomic E-state index is -1.06. The van der Waals surface area contributed by atoms with E-state index < -0.39 is 17.7 Å². The maximum Gasteiger partial charge on any atom is 0.131 e. The van der Waals surface area contributed by atoms with Gasteiger partial charge in [0, 0.05) is 31.8 Å². The molecule has 1 heterocycles. The second-order valence-electron chi connectivity index (χ2n) is 4.99. The lowest BCUT2D eigenvalue weighted by molar-refractivity contribution is 0.0793.